The number of amides is 1. The predicted molar refractivity (Wildman–Crippen MR) is 94.8 cm³/mol. The summed E-state index contributed by atoms with van der Waals surface area (Å²) in [6.07, 6.45) is 1.67. The van der Waals surface area contributed by atoms with Gasteiger partial charge in [-0.05, 0) is 37.3 Å². The number of para-hydroxylation sites is 1. The maximum atomic E-state index is 12.2. The Kier molecular flexibility index (Phi) is 5.09. The molecule has 6 heteroatoms. The normalized spacial score (nSPS) is 10.5. The number of ether oxygens (including phenoxy) is 1. The van der Waals surface area contributed by atoms with Gasteiger partial charge in [-0.3, -0.25) is 4.79 Å². The number of nitrogens with zero attached hydrogens (tertiary/aromatic N) is 4. The van der Waals surface area contributed by atoms with Crippen LogP contribution >= 0.6 is 0 Å². The van der Waals surface area contributed by atoms with Gasteiger partial charge in [-0.15, -0.1) is 5.10 Å². The van der Waals surface area contributed by atoms with Crippen molar-refractivity contribution >= 4 is 5.91 Å². The van der Waals surface area contributed by atoms with Crippen molar-refractivity contribution in [3.8, 4) is 11.4 Å². The minimum absolute atomic E-state index is 0.0250. The Labute approximate surface area is 146 Å². The van der Waals surface area contributed by atoms with Crippen LogP contribution in [0.2, 0.25) is 0 Å². The van der Waals surface area contributed by atoms with E-state index < -0.39 is 0 Å². The van der Waals surface area contributed by atoms with Crippen LogP contribution in [0.1, 0.15) is 23.0 Å². The number of hydrogen-bond donors (Lipinski definition) is 0. The molecule has 128 valence electrons. The number of aromatic nitrogens is 3. The molecule has 3 aromatic rings. The summed E-state index contributed by atoms with van der Waals surface area (Å²) >= 11 is 0. The van der Waals surface area contributed by atoms with Crippen LogP contribution in [0.15, 0.2) is 60.8 Å². The second kappa shape index (κ2) is 7.61. The molecule has 0 fully saturated rings. The third-order valence-electron chi connectivity index (χ3n) is 3.82. The maximum absolute atomic E-state index is 12.2. The van der Waals surface area contributed by atoms with Crippen molar-refractivity contribution in [3.05, 3.63) is 72.1 Å². The average molecular weight is 336 g/mol. The Morgan fingerprint density at radius 3 is 2.72 bits per heavy atom. The van der Waals surface area contributed by atoms with Crippen molar-refractivity contribution in [2.24, 2.45) is 0 Å². The molecule has 0 saturated carbocycles. The predicted octanol–water partition coefficient (Wildman–Crippen LogP) is 2.94. The van der Waals surface area contributed by atoms with E-state index in [0.717, 1.165) is 5.69 Å². The van der Waals surface area contributed by atoms with E-state index in [1.165, 1.54) is 0 Å². The fraction of sp³-hybridized carbons (Fsp3) is 0.211. The minimum Gasteiger partial charge on any atom is -0.487 e. The van der Waals surface area contributed by atoms with Gasteiger partial charge in [-0.1, -0.05) is 24.3 Å². The zero-order valence-corrected chi connectivity index (χ0v) is 14.3. The molecule has 0 unspecified atom stereocenters. The van der Waals surface area contributed by atoms with Crippen LogP contribution in [0.3, 0.4) is 0 Å². The molecule has 3 rings (SSSR count). The number of carbonyl (C=O) groups is 1. The standard InChI is InChI=1S/C19H20N4O2/c1-3-22(2)19(24)15-8-7-11-18(12-15)25-14-16-13-20-23(21-16)17-9-5-4-6-10-17/h4-13H,3,14H2,1-2H3. The molecule has 1 heterocycles. The molecular formula is C19H20N4O2. The Morgan fingerprint density at radius 2 is 1.96 bits per heavy atom. The Bertz CT molecular complexity index is 845. The average Bonchev–Trinajstić information content (AvgIpc) is 3.15. The first-order valence-electron chi connectivity index (χ1n) is 8.12. The fourth-order valence-electron chi connectivity index (χ4n) is 2.29. The molecule has 0 aliphatic heterocycles. The van der Waals surface area contributed by atoms with E-state index in [1.54, 1.807) is 35.1 Å². The lowest BCUT2D eigenvalue weighted by molar-refractivity contribution is 0.0802. The summed E-state index contributed by atoms with van der Waals surface area (Å²) < 4.78 is 5.76. The Balaban J connectivity index is 1.66. The molecule has 2 aromatic carbocycles. The van der Waals surface area contributed by atoms with Crippen LogP contribution in [0.25, 0.3) is 5.69 Å². The first-order valence-corrected chi connectivity index (χ1v) is 8.12. The van der Waals surface area contributed by atoms with Crippen molar-refractivity contribution in [2.75, 3.05) is 13.6 Å². The van der Waals surface area contributed by atoms with E-state index in [-0.39, 0.29) is 12.5 Å². The highest BCUT2D eigenvalue weighted by atomic mass is 16.5. The van der Waals surface area contributed by atoms with Crippen molar-refractivity contribution < 1.29 is 9.53 Å². The first-order chi connectivity index (χ1) is 12.2. The zero-order valence-electron chi connectivity index (χ0n) is 14.3. The highest BCUT2D eigenvalue weighted by molar-refractivity contribution is 5.94. The Hall–Kier alpha value is -3.15. The highest BCUT2D eigenvalue weighted by Gasteiger charge is 2.11. The summed E-state index contributed by atoms with van der Waals surface area (Å²) in [4.78, 5) is 15.4. The van der Waals surface area contributed by atoms with Crippen molar-refractivity contribution in [1.82, 2.24) is 19.9 Å². The summed E-state index contributed by atoms with van der Waals surface area (Å²) in [7, 11) is 1.78. The van der Waals surface area contributed by atoms with Gasteiger partial charge in [0.15, 0.2) is 0 Å². The summed E-state index contributed by atoms with van der Waals surface area (Å²) in [5.74, 6) is 0.604. The fourth-order valence-corrected chi connectivity index (χ4v) is 2.29. The second-order valence-corrected chi connectivity index (χ2v) is 5.60. The van der Waals surface area contributed by atoms with Crippen LogP contribution in [0.5, 0.6) is 5.75 Å². The molecule has 0 saturated heterocycles. The van der Waals surface area contributed by atoms with Gasteiger partial charge in [-0.25, -0.2) is 0 Å². The number of carbonyl (C=O) groups excluding carboxylic acids is 1. The summed E-state index contributed by atoms with van der Waals surface area (Å²) in [6.45, 7) is 2.88. The van der Waals surface area contributed by atoms with Crippen LogP contribution in [0, 0.1) is 0 Å². The molecule has 1 amide bonds. The van der Waals surface area contributed by atoms with Gasteiger partial charge in [0, 0.05) is 19.2 Å². The highest BCUT2D eigenvalue weighted by Crippen LogP contribution is 2.16. The van der Waals surface area contributed by atoms with Crippen LogP contribution in [-0.2, 0) is 6.61 Å². The first kappa shape index (κ1) is 16.7. The van der Waals surface area contributed by atoms with E-state index in [0.29, 0.717) is 23.6 Å². The van der Waals surface area contributed by atoms with Crippen LogP contribution in [-0.4, -0.2) is 39.4 Å². The quantitative estimate of drug-likeness (QED) is 0.694. The van der Waals surface area contributed by atoms with E-state index in [2.05, 4.69) is 10.2 Å². The number of benzene rings is 2. The van der Waals surface area contributed by atoms with E-state index in [1.807, 2.05) is 49.4 Å². The maximum Gasteiger partial charge on any atom is 0.253 e. The molecular weight excluding hydrogens is 316 g/mol. The largest absolute Gasteiger partial charge is 0.487 e. The third kappa shape index (κ3) is 4.03. The van der Waals surface area contributed by atoms with Gasteiger partial charge in [0.2, 0.25) is 0 Å². The summed E-state index contributed by atoms with van der Waals surface area (Å²) in [5, 5.41) is 8.64. The van der Waals surface area contributed by atoms with E-state index in [9.17, 15) is 4.79 Å². The molecule has 0 aliphatic rings. The molecule has 0 atom stereocenters. The molecule has 0 aliphatic carbocycles. The smallest absolute Gasteiger partial charge is 0.253 e. The molecule has 0 spiro atoms. The third-order valence-corrected chi connectivity index (χ3v) is 3.82. The lowest BCUT2D eigenvalue weighted by atomic mass is 10.2. The summed E-state index contributed by atoms with van der Waals surface area (Å²) in [5.41, 5.74) is 2.21. The monoisotopic (exact) mass is 336 g/mol. The van der Waals surface area contributed by atoms with Crippen LogP contribution in [0.4, 0.5) is 0 Å². The second-order valence-electron chi connectivity index (χ2n) is 5.60. The molecule has 6 nitrogen and oxygen atoms in total. The Morgan fingerprint density at radius 1 is 1.16 bits per heavy atom. The molecule has 25 heavy (non-hydrogen) atoms. The van der Waals surface area contributed by atoms with Gasteiger partial charge in [0.05, 0.1) is 11.9 Å². The van der Waals surface area contributed by atoms with Gasteiger partial charge in [0.25, 0.3) is 5.91 Å². The lowest BCUT2D eigenvalue weighted by Crippen LogP contribution is -2.26. The summed E-state index contributed by atoms with van der Waals surface area (Å²) in [6, 6.07) is 16.9. The van der Waals surface area contributed by atoms with E-state index in [4.69, 9.17) is 4.74 Å². The van der Waals surface area contributed by atoms with Gasteiger partial charge >= 0.3 is 0 Å². The lowest BCUT2D eigenvalue weighted by Gasteiger charge is -2.15. The van der Waals surface area contributed by atoms with Gasteiger partial charge in [0.1, 0.15) is 18.1 Å². The molecule has 1 aromatic heterocycles. The number of rotatable bonds is 6. The topological polar surface area (TPSA) is 60.3 Å². The van der Waals surface area contributed by atoms with Crippen molar-refractivity contribution in [1.29, 1.82) is 0 Å². The van der Waals surface area contributed by atoms with E-state index >= 15 is 0 Å². The van der Waals surface area contributed by atoms with Crippen LogP contribution < -0.4 is 4.74 Å². The van der Waals surface area contributed by atoms with Gasteiger partial charge < -0.3 is 9.64 Å². The zero-order chi connectivity index (χ0) is 17.6. The molecule has 0 radical (unpaired) electrons. The number of hydrogen-bond acceptors (Lipinski definition) is 4. The minimum atomic E-state index is -0.0250. The SMILES string of the molecule is CCN(C)C(=O)c1cccc(OCc2cnn(-c3ccccc3)n2)c1. The molecule has 0 N–H and O–H groups in total. The van der Waals surface area contributed by atoms with Crippen molar-refractivity contribution in [3.63, 3.8) is 0 Å². The van der Waals surface area contributed by atoms with Gasteiger partial charge in [-0.2, -0.15) is 9.90 Å². The van der Waals surface area contributed by atoms with Crippen molar-refractivity contribution in [2.45, 2.75) is 13.5 Å². The molecule has 0 bridgehead atoms.